The first-order valence-electron chi connectivity index (χ1n) is 4.62. The van der Waals surface area contributed by atoms with E-state index < -0.39 is 0 Å². The van der Waals surface area contributed by atoms with Crippen LogP contribution in [0.15, 0.2) is 24.3 Å². The Morgan fingerprint density at radius 2 is 2.29 bits per heavy atom. The van der Waals surface area contributed by atoms with Gasteiger partial charge < -0.3 is 5.73 Å². The molecule has 0 saturated carbocycles. The van der Waals surface area contributed by atoms with Gasteiger partial charge in [0.25, 0.3) is 0 Å². The van der Waals surface area contributed by atoms with Crippen LogP contribution in [-0.2, 0) is 6.42 Å². The highest BCUT2D eigenvalue weighted by Gasteiger charge is 2.02. The van der Waals surface area contributed by atoms with Gasteiger partial charge in [-0.3, -0.25) is 0 Å². The van der Waals surface area contributed by atoms with Crippen molar-refractivity contribution in [3.63, 3.8) is 0 Å². The van der Waals surface area contributed by atoms with Crippen molar-refractivity contribution in [3.8, 4) is 11.8 Å². The molecular weight excluding hydrogens is 177 g/mol. The second-order valence-corrected chi connectivity index (χ2v) is 3.23. The zero-order valence-corrected chi connectivity index (χ0v) is 8.26. The Morgan fingerprint density at radius 3 is 2.93 bits per heavy atom. The van der Waals surface area contributed by atoms with Crippen molar-refractivity contribution in [3.05, 3.63) is 35.6 Å². The first-order valence-corrected chi connectivity index (χ1v) is 4.62. The highest BCUT2D eigenvalue weighted by Crippen LogP contribution is 2.06. The van der Waals surface area contributed by atoms with Crippen molar-refractivity contribution < 1.29 is 4.39 Å². The summed E-state index contributed by atoms with van der Waals surface area (Å²) in [5, 5.41) is 0. The fraction of sp³-hybridized carbons (Fsp3) is 0.333. The summed E-state index contributed by atoms with van der Waals surface area (Å²) in [5.41, 5.74) is 6.74. The van der Waals surface area contributed by atoms with Gasteiger partial charge in [0.15, 0.2) is 0 Å². The molecule has 1 nitrogen and oxygen atoms in total. The maximum Gasteiger partial charge on any atom is 0.123 e. The summed E-state index contributed by atoms with van der Waals surface area (Å²) in [6, 6.07) is 6.51. The lowest BCUT2D eigenvalue weighted by Gasteiger charge is -2.07. The van der Waals surface area contributed by atoms with Gasteiger partial charge in [-0.05, 0) is 31.0 Å². The predicted molar refractivity (Wildman–Crippen MR) is 56.1 cm³/mol. The van der Waals surface area contributed by atoms with Gasteiger partial charge in [0.1, 0.15) is 5.82 Å². The highest BCUT2D eigenvalue weighted by atomic mass is 19.1. The first kappa shape index (κ1) is 10.7. The second-order valence-electron chi connectivity index (χ2n) is 3.23. The van der Waals surface area contributed by atoms with Gasteiger partial charge in [0, 0.05) is 12.5 Å². The summed E-state index contributed by atoms with van der Waals surface area (Å²) >= 11 is 0. The van der Waals surface area contributed by atoms with Gasteiger partial charge in [-0.1, -0.05) is 12.1 Å². The largest absolute Gasteiger partial charge is 0.327 e. The van der Waals surface area contributed by atoms with Crippen molar-refractivity contribution in [1.29, 1.82) is 0 Å². The molecule has 1 aromatic rings. The molecule has 74 valence electrons. The van der Waals surface area contributed by atoms with Crippen molar-refractivity contribution in [2.75, 3.05) is 0 Å². The van der Waals surface area contributed by atoms with Crippen LogP contribution in [0.2, 0.25) is 0 Å². The molecule has 0 aliphatic rings. The molecular formula is C12H14FN. The van der Waals surface area contributed by atoms with Crippen LogP contribution in [0, 0.1) is 17.7 Å². The van der Waals surface area contributed by atoms with Crippen LogP contribution in [-0.4, -0.2) is 6.04 Å². The van der Waals surface area contributed by atoms with E-state index in [0.29, 0.717) is 12.8 Å². The minimum absolute atomic E-state index is 0.00995. The molecule has 0 heterocycles. The molecule has 2 heteroatoms. The van der Waals surface area contributed by atoms with Crippen molar-refractivity contribution in [1.82, 2.24) is 0 Å². The summed E-state index contributed by atoms with van der Waals surface area (Å²) in [5.74, 6) is 5.49. The summed E-state index contributed by atoms with van der Waals surface area (Å²) in [6.45, 7) is 1.79. The molecule has 0 radical (unpaired) electrons. The summed E-state index contributed by atoms with van der Waals surface area (Å²) in [4.78, 5) is 0. The molecule has 1 atom stereocenters. The Labute approximate surface area is 84.1 Å². The summed E-state index contributed by atoms with van der Waals surface area (Å²) < 4.78 is 12.8. The zero-order valence-electron chi connectivity index (χ0n) is 8.26. The fourth-order valence-corrected chi connectivity index (χ4v) is 1.27. The lowest BCUT2D eigenvalue weighted by atomic mass is 10.0. The molecule has 0 saturated heterocycles. The Kier molecular flexibility index (Phi) is 4.15. The van der Waals surface area contributed by atoms with E-state index in [9.17, 15) is 4.39 Å². The van der Waals surface area contributed by atoms with E-state index in [0.717, 1.165) is 5.56 Å². The minimum Gasteiger partial charge on any atom is -0.327 e. The third kappa shape index (κ3) is 3.59. The Morgan fingerprint density at radius 1 is 1.50 bits per heavy atom. The van der Waals surface area contributed by atoms with Crippen LogP contribution in [0.5, 0.6) is 0 Å². The van der Waals surface area contributed by atoms with Crippen LogP contribution >= 0.6 is 0 Å². The van der Waals surface area contributed by atoms with Crippen molar-refractivity contribution >= 4 is 0 Å². The van der Waals surface area contributed by atoms with Gasteiger partial charge in [-0.15, -0.1) is 11.8 Å². The molecule has 0 fully saturated rings. The average molecular weight is 191 g/mol. The smallest absolute Gasteiger partial charge is 0.123 e. The van der Waals surface area contributed by atoms with Gasteiger partial charge in [-0.2, -0.15) is 0 Å². The predicted octanol–water partition coefficient (Wildman–Crippen LogP) is 2.11. The van der Waals surface area contributed by atoms with Gasteiger partial charge in [0.05, 0.1) is 0 Å². The van der Waals surface area contributed by atoms with Crippen LogP contribution in [0.1, 0.15) is 18.9 Å². The van der Waals surface area contributed by atoms with Crippen LogP contribution < -0.4 is 5.73 Å². The molecule has 14 heavy (non-hydrogen) atoms. The Balaban J connectivity index is 2.54. The lowest BCUT2D eigenvalue weighted by Crippen LogP contribution is -2.21. The van der Waals surface area contributed by atoms with Crippen LogP contribution in [0.3, 0.4) is 0 Å². The minimum atomic E-state index is -0.212. The van der Waals surface area contributed by atoms with E-state index in [4.69, 9.17) is 5.73 Å². The molecule has 1 unspecified atom stereocenters. The molecule has 0 aliphatic heterocycles. The number of halogens is 1. The number of benzene rings is 1. The molecule has 2 N–H and O–H groups in total. The van der Waals surface area contributed by atoms with E-state index in [-0.39, 0.29) is 11.9 Å². The standard InChI is InChI=1S/C12H14FN/c1-2-3-7-12(14)9-10-5-4-6-11(13)8-10/h4-6,8,12H,7,9,14H2,1H3. The third-order valence-electron chi connectivity index (χ3n) is 1.93. The molecule has 0 spiro atoms. The monoisotopic (exact) mass is 191 g/mol. The van der Waals surface area contributed by atoms with Crippen molar-refractivity contribution in [2.24, 2.45) is 5.73 Å². The number of rotatable bonds is 3. The number of hydrogen-bond acceptors (Lipinski definition) is 1. The van der Waals surface area contributed by atoms with Crippen molar-refractivity contribution in [2.45, 2.75) is 25.8 Å². The van der Waals surface area contributed by atoms with E-state index in [1.165, 1.54) is 12.1 Å². The molecule has 0 amide bonds. The zero-order chi connectivity index (χ0) is 10.4. The highest BCUT2D eigenvalue weighted by molar-refractivity contribution is 5.17. The summed E-state index contributed by atoms with van der Waals surface area (Å²) in [7, 11) is 0. The maximum absolute atomic E-state index is 12.8. The van der Waals surface area contributed by atoms with E-state index in [2.05, 4.69) is 11.8 Å². The second kappa shape index (κ2) is 5.41. The van der Waals surface area contributed by atoms with Gasteiger partial charge in [-0.25, -0.2) is 4.39 Å². The van der Waals surface area contributed by atoms with E-state index in [1.807, 2.05) is 6.07 Å². The molecule has 1 rings (SSSR count). The average Bonchev–Trinajstić information content (AvgIpc) is 2.15. The SMILES string of the molecule is CC#CCC(N)Cc1cccc(F)c1. The maximum atomic E-state index is 12.8. The quantitative estimate of drug-likeness (QED) is 0.727. The van der Waals surface area contributed by atoms with E-state index >= 15 is 0 Å². The first-order chi connectivity index (χ1) is 6.72. The Bertz CT molecular complexity index is 349. The Hall–Kier alpha value is -1.33. The summed E-state index contributed by atoms with van der Waals surface area (Å²) in [6.07, 6.45) is 1.33. The number of nitrogens with two attached hydrogens (primary N) is 1. The molecule has 1 aromatic carbocycles. The van der Waals surface area contributed by atoms with Crippen LogP contribution in [0.25, 0.3) is 0 Å². The fourth-order valence-electron chi connectivity index (χ4n) is 1.27. The normalized spacial score (nSPS) is 11.6. The molecule has 0 bridgehead atoms. The van der Waals surface area contributed by atoms with Gasteiger partial charge in [0.2, 0.25) is 0 Å². The van der Waals surface area contributed by atoms with E-state index in [1.54, 1.807) is 13.0 Å². The number of hydrogen-bond donors (Lipinski definition) is 1. The molecule has 0 aromatic heterocycles. The van der Waals surface area contributed by atoms with Gasteiger partial charge >= 0.3 is 0 Å². The molecule has 0 aliphatic carbocycles. The van der Waals surface area contributed by atoms with Crippen LogP contribution in [0.4, 0.5) is 4.39 Å². The third-order valence-corrected chi connectivity index (χ3v) is 1.93. The lowest BCUT2D eigenvalue weighted by molar-refractivity contribution is 0.620. The topological polar surface area (TPSA) is 26.0 Å².